The molecule has 0 unspecified atom stereocenters. The van der Waals surface area contributed by atoms with Gasteiger partial charge in [-0.1, -0.05) is 77.9 Å². The molecule has 5 heteroatoms. The molecule has 3 aromatic carbocycles. The summed E-state index contributed by atoms with van der Waals surface area (Å²) in [6.45, 7) is 18.4. The van der Waals surface area contributed by atoms with E-state index in [9.17, 15) is 4.57 Å². The molecule has 0 radical (unpaired) electrons. The van der Waals surface area contributed by atoms with Crippen LogP contribution in [0.3, 0.4) is 0 Å². The van der Waals surface area contributed by atoms with Crippen molar-refractivity contribution in [1.29, 1.82) is 0 Å². The summed E-state index contributed by atoms with van der Waals surface area (Å²) in [7, 11) is -4.14. The first kappa shape index (κ1) is 26.9. The molecule has 188 valence electrons. The molecule has 0 saturated heterocycles. The van der Waals surface area contributed by atoms with E-state index in [2.05, 4.69) is 41.5 Å². The van der Waals surface area contributed by atoms with Crippen LogP contribution in [0, 0.1) is 20.8 Å². The third-order valence-corrected chi connectivity index (χ3v) is 7.26. The summed E-state index contributed by atoms with van der Waals surface area (Å²) in [6, 6.07) is 17.8. The molecule has 3 aromatic rings. The summed E-state index contributed by atoms with van der Waals surface area (Å²) in [6.07, 6.45) is 0. The second-order valence-corrected chi connectivity index (χ2v) is 11.8. The van der Waals surface area contributed by atoms with Gasteiger partial charge in [0.15, 0.2) is 0 Å². The summed E-state index contributed by atoms with van der Waals surface area (Å²) >= 11 is 0. The standard InChI is InChI=1S/C30H39O4P/c1-19(2)25-13-10-22(7)16-28(25)32-35(31,33-29-17-23(8)11-14-26(29)20(3)4)34-30-18-24(9)12-15-27(30)21(5)6/h10-21H,1-9H3. The minimum atomic E-state index is -4.14. The van der Waals surface area contributed by atoms with Gasteiger partial charge >= 0.3 is 7.82 Å². The highest BCUT2D eigenvalue weighted by molar-refractivity contribution is 7.49. The van der Waals surface area contributed by atoms with Crippen LogP contribution in [0.5, 0.6) is 17.2 Å². The van der Waals surface area contributed by atoms with E-state index in [0.29, 0.717) is 17.2 Å². The Bertz CT molecular complexity index is 1080. The predicted octanol–water partition coefficient (Wildman–Crippen LogP) is 9.63. The fourth-order valence-corrected chi connectivity index (χ4v) is 5.32. The van der Waals surface area contributed by atoms with Crippen LogP contribution >= 0.6 is 7.82 Å². The number of benzene rings is 3. The van der Waals surface area contributed by atoms with Crippen molar-refractivity contribution in [2.45, 2.75) is 80.1 Å². The fourth-order valence-electron chi connectivity index (χ4n) is 4.01. The van der Waals surface area contributed by atoms with E-state index >= 15 is 0 Å². The van der Waals surface area contributed by atoms with Crippen LogP contribution in [0.25, 0.3) is 0 Å². The van der Waals surface area contributed by atoms with Gasteiger partial charge in [-0.05, 0) is 90.1 Å². The topological polar surface area (TPSA) is 44.8 Å². The fraction of sp³-hybridized carbons (Fsp3) is 0.400. The molecule has 35 heavy (non-hydrogen) atoms. The zero-order valence-electron chi connectivity index (χ0n) is 22.5. The number of phosphoric ester groups is 1. The largest absolute Gasteiger partial charge is 0.647 e. The maximum Gasteiger partial charge on any atom is 0.647 e. The molecule has 0 fully saturated rings. The lowest BCUT2D eigenvalue weighted by Crippen LogP contribution is -2.11. The highest BCUT2D eigenvalue weighted by atomic mass is 31.2. The van der Waals surface area contributed by atoms with Crippen LogP contribution in [0.15, 0.2) is 54.6 Å². The third kappa shape index (κ3) is 6.70. The molecule has 0 aliphatic heterocycles. The van der Waals surface area contributed by atoms with Gasteiger partial charge in [-0.15, -0.1) is 0 Å². The van der Waals surface area contributed by atoms with E-state index in [1.54, 1.807) is 0 Å². The molecule has 0 aliphatic rings. The van der Waals surface area contributed by atoms with Crippen LogP contribution in [-0.4, -0.2) is 0 Å². The SMILES string of the molecule is Cc1ccc(C(C)C)c(OP(=O)(Oc2cc(C)ccc2C(C)C)Oc2cc(C)ccc2C(C)C)c1. The van der Waals surface area contributed by atoms with E-state index in [1.165, 1.54) is 0 Å². The number of hydrogen-bond donors (Lipinski definition) is 0. The Labute approximate surface area is 211 Å². The number of aryl methyl sites for hydroxylation is 3. The Balaban J connectivity index is 2.16. The van der Waals surface area contributed by atoms with Crippen LogP contribution in [0.4, 0.5) is 0 Å². The predicted molar refractivity (Wildman–Crippen MR) is 145 cm³/mol. The average Bonchev–Trinajstić information content (AvgIpc) is 2.72. The molecule has 0 saturated carbocycles. The lowest BCUT2D eigenvalue weighted by Gasteiger charge is -2.25. The Morgan fingerprint density at radius 3 is 1.00 bits per heavy atom. The monoisotopic (exact) mass is 494 g/mol. The highest BCUT2D eigenvalue weighted by Gasteiger charge is 2.36. The minimum absolute atomic E-state index is 0.175. The van der Waals surface area contributed by atoms with Gasteiger partial charge in [-0.2, -0.15) is 4.57 Å². The molecule has 0 N–H and O–H groups in total. The molecule has 0 atom stereocenters. The van der Waals surface area contributed by atoms with Crippen molar-refractivity contribution in [3.63, 3.8) is 0 Å². The average molecular weight is 495 g/mol. The van der Waals surface area contributed by atoms with Gasteiger partial charge in [-0.25, -0.2) is 0 Å². The summed E-state index contributed by atoms with van der Waals surface area (Å²) < 4.78 is 33.2. The van der Waals surface area contributed by atoms with Crippen LogP contribution < -0.4 is 13.6 Å². The quantitative estimate of drug-likeness (QED) is 0.278. The van der Waals surface area contributed by atoms with Gasteiger partial charge in [0, 0.05) is 0 Å². The smallest absolute Gasteiger partial charge is 0.386 e. The zero-order valence-corrected chi connectivity index (χ0v) is 23.4. The maximum absolute atomic E-state index is 14.5. The van der Waals surface area contributed by atoms with Crippen LogP contribution in [0.2, 0.25) is 0 Å². The molecular formula is C30H39O4P. The Morgan fingerprint density at radius 1 is 0.514 bits per heavy atom. The summed E-state index contributed by atoms with van der Waals surface area (Å²) in [5.74, 6) is 2.07. The first-order valence-corrected chi connectivity index (χ1v) is 13.8. The lowest BCUT2D eigenvalue weighted by molar-refractivity contribution is 0.294. The molecule has 0 aromatic heterocycles. The Morgan fingerprint density at radius 2 is 0.771 bits per heavy atom. The van der Waals surface area contributed by atoms with E-state index in [-0.39, 0.29) is 17.8 Å². The van der Waals surface area contributed by atoms with E-state index in [4.69, 9.17) is 13.6 Å². The van der Waals surface area contributed by atoms with Crippen molar-refractivity contribution in [2.24, 2.45) is 0 Å². The number of rotatable bonds is 9. The summed E-state index contributed by atoms with van der Waals surface area (Å²) in [5.41, 5.74) is 5.87. The molecule has 0 spiro atoms. The molecule has 0 heterocycles. The van der Waals surface area contributed by atoms with Gasteiger partial charge in [0.25, 0.3) is 0 Å². The molecule has 0 amide bonds. The Hall–Kier alpha value is -2.71. The van der Waals surface area contributed by atoms with E-state index < -0.39 is 7.82 Å². The number of phosphoric acid groups is 1. The van der Waals surface area contributed by atoms with Crippen molar-refractivity contribution in [3.8, 4) is 17.2 Å². The minimum Gasteiger partial charge on any atom is -0.386 e. The van der Waals surface area contributed by atoms with Crippen molar-refractivity contribution >= 4 is 7.82 Å². The molecule has 3 rings (SSSR count). The molecular weight excluding hydrogens is 455 g/mol. The van der Waals surface area contributed by atoms with Crippen molar-refractivity contribution in [3.05, 3.63) is 88.0 Å². The summed E-state index contributed by atoms with van der Waals surface area (Å²) in [4.78, 5) is 0. The second kappa shape index (κ2) is 10.9. The van der Waals surface area contributed by atoms with Gasteiger partial charge in [-0.3, -0.25) is 0 Å². The number of hydrogen-bond acceptors (Lipinski definition) is 4. The van der Waals surface area contributed by atoms with Gasteiger partial charge < -0.3 is 13.6 Å². The molecule has 0 bridgehead atoms. The van der Waals surface area contributed by atoms with E-state index in [0.717, 1.165) is 33.4 Å². The van der Waals surface area contributed by atoms with Crippen molar-refractivity contribution in [1.82, 2.24) is 0 Å². The van der Waals surface area contributed by atoms with Crippen LogP contribution in [-0.2, 0) is 4.57 Å². The van der Waals surface area contributed by atoms with Crippen LogP contribution in [0.1, 0.15) is 92.7 Å². The first-order chi connectivity index (χ1) is 16.4. The summed E-state index contributed by atoms with van der Waals surface area (Å²) in [5, 5.41) is 0. The highest BCUT2D eigenvalue weighted by Crippen LogP contribution is 2.53. The zero-order chi connectivity index (χ0) is 25.9. The van der Waals surface area contributed by atoms with Gasteiger partial charge in [0.05, 0.1) is 0 Å². The Kier molecular flexibility index (Phi) is 8.38. The van der Waals surface area contributed by atoms with Crippen molar-refractivity contribution in [2.75, 3.05) is 0 Å². The lowest BCUT2D eigenvalue weighted by atomic mass is 10.0. The van der Waals surface area contributed by atoms with E-state index in [1.807, 2.05) is 75.4 Å². The van der Waals surface area contributed by atoms with Gasteiger partial charge in [0.1, 0.15) is 17.2 Å². The first-order valence-electron chi connectivity index (χ1n) is 12.4. The normalized spacial score (nSPS) is 11.9. The van der Waals surface area contributed by atoms with Crippen molar-refractivity contribution < 1.29 is 18.1 Å². The maximum atomic E-state index is 14.5. The second-order valence-electron chi connectivity index (χ2n) is 10.3. The third-order valence-electron chi connectivity index (χ3n) is 6.00. The molecule has 4 nitrogen and oxygen atoms in total. The van der Waals surface area contributed by atoms with Gasteiger partial charge in [0.2, 0.25) is 0 Å². The molecule has 0 aliphatic carbocycles.